The lowest BCUT2D eigenvalue weighted by molar-refractivity contribution is -0.148. The van der Waals surface area contributed by atoms with Crippen LogP contribution in [-0.2, 0) is 34.3 Å². The molecule has 6 nitrogen and oxygen atoms in total. The average Bonchev–Trinajstić information content (AvgIpc) is 2.39. The molecule has 1 aromatic carbocycles. The first-order chi connectivity index (χ1) is 9.53. The van der Waals surface area contributed by atoms with Crippen LogP contribution in [0.4, 0.5) is 0 Å². The third-order valence-corrected chi connectivity index (χ3v) is 3.41. The summed E-state index contributed by atoms with van der Waals surface area (Å²) in [5, 5.41) is 0. The van der Waals surface area contributed by atoms with E-state index in [4.69, 9.17) is 8.92 Å². The van der Waals surface area contributed by atoms with E-state index < -0.39 is 16.1 Å². The molecule has 0 saturated carbocycles. The topological polar surface area (TPSA) is 78.9 Å². The van der Waals surface area contributed by atoms with Crippen molar-refractivity contribution < 1.29 is 26.9 Å². The predicted molar refractivity (Wildman–Crippen MR) is 72.5 cm³/mol. The molecule has 1 aromatic rings. The lowest BCUT2D eigenvalue weighted by Crippen LogP contribution is -2.17. The van der Waals surface area contributed by atoms with Gasteiger partial charge >= 0.3 is 5.97 Å². The van der Waals surface area contributed by atoms with E-state index in [0.717, 1.165) is 0 Å². The maximum atomic E-state index is 11.6. The van der Waals surface area contributed by atoms with Crippen molar-refractivity contribution in [1.29, 1.82) is 0 Å². The Morgan fingerprint density at radius 2 is 1.85 bits per heavy atom. The third kappa shape index (κ3) is 7.22. The van der Waals surface area contributed by atoms with Gasteiger partial charge in [0, 0.05) is 0 Å². The first-order valence-electron chi connectivity index (χ1n) is 6.18. The fourth-order valence-electron chi connectivity index (χ4n) is 1.40. The lowest BCUT2D eigenvalue weighted by atomic mass is 10.2. The maximum Gasteiger partial charge on any atom is 0.332 e. The molecular formula is C13H18O6S. The molecule has 0 amide bonds. The molecule has 0 fully saturated rings. The van der Waals surface area contributed by atoms with Gasteiger partial charge in [0.1, 0.15) is 12.4 Å². The molecule has 7 heteroatoms. The largest absolute Gasteiger partial charge is 0.464 e. The van der Waals surface area contributed by atoms with Gasteiger partial charge in [-0.05, 0) is 12.5 Å². The first-order valence-corrected chi connectivity index (χ1v) is 7.75. The Kier molecular flexibility index (Phi) is 7.21. The number of carbonyl (C=O) groups is 1. The standard InChI is InChI=1S/C13H18O6S/c1-2-18-13(14)10-17-8-9-19-20(15,16)11-12-6-4-3-5-7-12/h3-7H,2,8-11H2,1H3. The van der Waals surface area contributed by atoms with Crippen molar-refractivity contribution in [3.8, 4) is 0 Å². The first kappa shape index (κ1) is 16.6. The number of hydrogen-bond donors (Lipinski definition) is 0. The van der Waals surface area contributed by atoms with Crippen LogP contribution in [0.1, 0.15) is 12.5 Å². The molecule has 0 aliphatic heterocycles. The number of rotatable bonds is 9. The third-order valence-electron chi connectivity index (χ3n) is 2.20. The van der Waals surface area contributed by atoms with Crippen molar-refractivity contribution in [2.75, 3.05) is 26.4 Å². The second kappa shape index (κ2) is 8.68. The van der Waals surface area contributed by atoms with E-state index in [1.807, 2.05) is 0 Å². The van der Waals surface area contributed by atoms with Gasteiger partial charge in [-0.25, -0.2) is 4.79 Å². The number of benzene rings is 1. The predicted octanol–water partition coefficient (Wildman–Crippen LogP) is 1.11. The summed E-state index contributed by atoms with van der Waals surface area (Å²) in [6.45, 7) is 1.64. The van der Waals surface area contributed by atoms with Crippen LogP contribution < -0.4 is 0 Å². The average molecular weight is 302 g/mol. The molecule has 0 heterocycles. The molecule has 112 valence electrons. The van der Waals surface area contributed by atoms with Crippen LogP contribution in [-0.4, -0.2) is 40.8 Å². The second-order valence-corrected chi connectivity index (χ2v) is 5.51. The van der Waals surface area contributed by atoms with E-state index in [1.54, 1.807) is 37.3 Å². The SMILES string of the molecule is CCOC(=O)COCCOS(=O)(=O)Cc1ccccc1. The van der Waals surface area contributed by atoms with Crippen molar-refractivity contribution in [2.24, 2.45) is 0 Å². The summed E-state index contributed by atoms with van der Waals surface area (Å²) in [6, 6.07) is 8.73. The van der Waals surface area contributed by atoms with Crippen LogP contribution in [0.2, 0.25) is 0 Å². The fourth-order valence-corrected chi connectivity index (χ4v) is 2.40. The number of hydrogen-bond acceptors (Lipinski definition) is 6. The van der Waals surface area contributed by atoms with Crippen LogP contribution in [0.15, 0.2) is 30.3 Å². The molecule has 0 aliphatic rings. The molecule has 0 atom stereocenters. The zero-order chi connectivity index (χ0) is 14.8. The highest BCUT2D eigenvalue weighted by Gasteiger charge is 2.12. The molecule has 1 rings (SSSR count). The van der Waals surface area contributed by atoms with Gasteiger partial charge in [-0.1, -0.05) is 30.3 Å². The summed E-state index contributed by atoms with van der Waals surface area (Å²) in [4.78, 5) is 10.9. The highest BCUT2D eigenvalue weighted by molar-refractivity contribution is 7.85. The number of ether oxygens (including phenoxy) is 2. The Morgan fingerprint density at radius 1 is 1.15 bits per heavy atom. The smallest absolute Gasteiger partial charge is 0.332 e. The van der Waals surface area contributed by atoms with E-state index in [1.165, 1.54) is 0 Å². The summed E-state index contributed by atoms with van der Waals surface area (Å²) < 4.78 is 37.6. The minimum absolute atomic E-state index is 0.00678. The van der Waals surface area contributed by atoms with Crippen LogP contribution >= 0.6 is 0 Å². The summed E-state index contributed by atoms with van der Waals surface area (Å²) in [6.07, 6.45) is 0. The Labute approximate surface area is 118 Å². The van der Waals surface area contributed by atoms with E-state index >= 15 is 0 Å². The summed E-state index contributed by atoms with van der Waals surface area (Å²) in [5.41, 5.74) is 0.653. The van der Waals surface area contributed by atoms with Gasteiger partial charge in [0.2, 0.25) is 0 Å². The fraction of sp³-hybridized carbons (Fsp3) is 0.462. The van der Waals surface area contributed by atoms with Crippen molar-refractivity contribution in [1.82, 2.24) is 0 Å². The quantitative estimate of drug-likeness (QED) is 0.386. The van der Waals surface area contributed by atoms with Gasteiger partial charge in [0.05, 0.1) is 19.8 Å². The molecule has 0 spiro atoms. The molecule has 0 saturated heterocycles. The van der Waals surface area contributed by atoms with Gasteiger partial charge in [0.25, 0.3) is 10.1 Å². The van der Waals surface area contributed by atoms with Gasteiger partial charge in [-0.15, -0.1) is 0 Å². The molecular weight excluding hydrogens is 284 g/mol. The minimum atomic E-state index is -3.64. The highest BCUT2D eigenvalue weighted by Crippen LogP contribution is 2.06. The molecule has 20 heavy (non-hydrogen) atoms. The van der Waals surface area contributed by atoms with E-state index in [9.17, 15) is 13.2 Å². The summed E-state index contributed by atoms with van der Waals surface area (Å²) in [7, 11) is -3.64. The molecule has 0 radical (unpaired) electrons. The van der Waals surface area contributed by atoms with Crippen molar-refractivity contribution in [3.05, 3.63) is 35.9 Å². The Morgan fingerprint density at radius 3 is 2.50 bits per heavy atom. The Bertz CT molecular complexity index is 497. The monoisotopic (exact) mass is 302 g/mol. The van der Waals surface area contributed by atoms with Gasteiger partial charge < -0.3 is 9.47 Å². The molecule has 0 N–H and O–H groups in total. The maximum absolute atomic E-state index is 11.6. The lowest BCUT2D eigenvalue weighted by Gasteiger charge is -2.06. The number of esters is 1. The van der Waals surface area contributed by atoms with Gasteiger partial charge in [-0.2, -0.15) is 8.42 Å². The van der Waals surface area contributed by atoms with Crippen LogP contribution in [0, 0.1) is 0 Å². The van der Waals surface area contributed by atoms with E-state index in [-0.39, 0.29) is 32.2 Å². The van der Waals surface area contributed by atoms with E-state index in [2.05, 4.69) is 4.74 Å². The van der Waals surface area contributed by atoms with Crippen LogP contribution in [0.3, 0.4) is 0 Å². The van der Waals surface area contributed by atoms with E-state index in [0.29, 0.717) is 5.56 Å². The summed E-state index contributed by atoms with van der Waals surface area (Å²) in [5.74, 6) is -0.675. The molecule has 0 aliphatic carbocycles. The zero-order valence-electron chi connectivity index (χ0n) is 11.3. The van der Waals surface area contributed by atoms with Crippen LogP contribution in [0.25, 0.3) is 0 Å². The Balaban J connectivity index is 2.22. The zero-order valence-corrected chi connectivity index (χ0v) is 12.1. The second-order valence-electron chi connectivity index (χ2n) is 3.87. The Hall–Kier alpha value is -1.44. The minimum Gasteiger partial charge on any atom is -0.464 e. The van der Waals surface area contributed by atoms with Crippen molar-refractivity contribution >= 4 is 16.1 Å². The molecule has 0 aromatic heterocycles. The normalized spacial score (nSPS) is 11.2. The summed E-state index contributed by atoms with van der Waals surface area (Å²) >= 11 is 0. The molecule has 0 bridgehead atoms. The van der Waals surface area contributed by atoms with Gasteiger partial charge in [0.15, 0.2) is 0 Å². The molecule has 0 unspecified atom stereocenters. The highest BCUT2D eigenvalue weighted by atomic mass is 32.2. The number of carbonyl (C=O) groups excluding carboxylic acids is 1. The van der Waals surface area contributed by atoms with Gasteiger partial charge in [-0.3, -0.25) is 4.18 Å². The van der Waals surface area contributed by atoms with Crippen LogP contribution in [0.5, 0.6) is 0 Å². The van der Waals surface area contributed by atoms with Crippen molar-refractivity contribution in [2.45, 2.75) is 12.7 Å². The van der Waals surface area contributed by atoms with Crippen molar-refractivity contribution in [3.63, 3.8) is 0 Å².